The third kappa shape index (κ3) is 1.61. The van der Waals surface area contributed by atoms with Gasteiger partial charge in [0, 0.05) is 0 Å². The van der Waals surface area contributed by atoms with Crippen LogP contribution in [-0.4, -0.2) is 12.3 Å². The van der Waals surface area contributed by atoms with E-state index in [-0.39, 0.29) is 0 Å². The second-order valence-corrected chi connectivity index (χ2v) is 2.84. The van der Waals surface area contributed by atoms with Crippen LogP contribution >= 0.6 is 0 Å². The fourth-order valence-corrected chi connectivity index (χ4v) is 0.226. The Morgan fingerprint density at radius 2 is 1.40 bits per heavy atom. The summed E-state index contributed by atoms with van der Waals surface area (Å²) in [5, 5.41) is 0. The molecule has 0 nitrogen and oxygen atoms in total. The number of rotatable bonds is 1. The molecule has 0 bridgehead atoms. The average Bonchev–Trinajstić information content (AvgIpc) is 1.62. The molecular weight excluding hydrogens is 148 g/mol. The highest BCUT2D eigenvalue weighted by atomic mass is 19.4. The Bertz CT molecular complexity index is 111. The van der Waals surface area contributed by atoms with Crippen molar-refractivity contribution in [2.75, 3.05) is 0 Å². The molecule has 0 radical (unpaired) electrons. The largest absolute Gasteiger partial charge is 0.396 e. The Morgan fingerprint density at radius 1 is 1.10 bits per heavy atom. The summed E-state index contributed by atoms with van der Waals surface area (Å²) in [6, 6.07) is 0. The highest BCUT2D eigenvalue weighted by molar-refractivity contribution is 4.82. The molecule has 1 atom stereocenters. The van der Waals surface area contributed by atoms with Crippen molar-refractivity contribution in [3.8, 4) is 0 Å². The molecule has 0 N–H and O–H groups in total. The summed E-state index contributed by atoms with van der Waals surface area (Å²) < 4.78 is 47.8. The van der Waals surface area contributed by atoms with Crippen molar-refractivity contribution in [1.82, 2.24) is 0 Å². The quantitative estimate of drug-likeness (QED) is 0.514. The highest BCUT2D eigenvalue weighted by Gasteiger charge is 2.51. The minimum absolute atomic E-state index is 0.845. The summed E-state index contributed by atoms with van der Waals surface area (Å²) in [7, 11) is 0. The molecule has 0 saturated carbocycles. The minimum atomic E-state index is -4.46. The van der Waals surface area contributed by atoms with E-state index in [9.17, 15) is 17.6 Å². The average molecular weight is 158 g/mol. The van der Waals surface area contributed by atoms with Gasteiger partial charge in [-0.25, -0.2) is 4.39 Å². The molecule has 1 unspecified atom stereocenters. The third-order valence-electron chi connectivity index (χ3n) is 1.73. The second kappa shape index (κ2) is 2.40. The summed E-state index contributed by atoms with van der Waals surface area (Å²) >= 11 is 0. The molecule has 0 aliphatic carbocycles. The lowest BCUT2D eigenvalue weighted by molar-refractivity contribution is -0.228. The van der Waals surface area contributed by atoms with Crippen molar-refractivity contribution >= 4 is 0 Å². The topological polar surface area (TPSA) is 0 Å². The lowest BCUT2D eigenvalue weighted by Crippen LogP contribution is -2.39. The van der Waals surface area contributed by atoms with Crippen LogP contribution in [-0.2, 0) is 0 Å². The van der Waals surface area contributed by atoms with Gasteiger partial charge in [-0.3, -0.25) is 0 Å². The Balaban J connectivity index is 4.40. The summed E-state index contributed by atoms with van der Waals surface area (Å²) in [5.74, 6) is 0. The van der Waals surface area contributed by atoms with Crippen molar-refractivity contribution in [3.63, 3.8) is 0 Å². The number of hydrogen-bond acceptors (Lipinski definition) is 0. The van der Waals surface area contributed by atoms with E-state index in [1.807, 2.05) is 0 Å². The van der Waals surface area contributed by atoms with Gasteiger partial charge >= 0.3 is 6.18 Å². The molecule has 10 heavy (non-hydrogen) atoms. The maximum absolute atomic E-state index is 12.3. The summed E-state index contributed by atoms with van der Waals surface area (Å²) in [6.07, 6.45) is -6.33. The predicted octanol–water partition coefficient (Wildman–Crippen LogP) is 2.93. The van der Waals surface area contributed by atoms with Gasteiger partial charge < -0.3 is 0 Å². The molecular formula is C6H10F4. The first-order chi connectivity index (χ1) is 4.19. The minimum Gasteiger partial charge on any atom is -0.247 e. The molecule has 0 saturated heterocycles. The zero-order valence-corrected chi connectivity index (χ0v) is 6.09. The number of halogens is 4. The Hall–Kier alpha value is -0.280. The van der Waals surface area contributed by atoms with Crippen LogP contribution in [0, 0.1) is 5.41 Å². The first-order valence-electron chi connectivity index (χ1n) is 2.90. The van der Waals surface area contributed by atoms with E-state index in [2.05, 4.69) is 0 Å². The Kier molecular flexibility index (Phi) is 2.33. The standard InChI is InChI=1S/C6H10F4/c1-4(7)5(2,3)6(8,9)10/h4H,1-3H3. The number of hydrogen-bond donors (Lipinski definition) is 0. The van der Waals surface area contributed by atoms with Gasteiger partial charge in [0.05, 0.1) is 5.41 Å². The molecule has 0 aromatic rings. The second-order valence-electron chi connectivity index (χ2n) is 2.84. The highest BCUT2D eigenvalue weighted by Crippen LogP contribution is 2.41. The first kappa shape index (κ1) is 9.72. The molecule has 0 heterocycles. The zero-order valence-electron chi connectivity index (χ0n) is 6.09. The monoisotopic (exact) mass is 158 g/mol. The van der Waals surface area contributed by atoms with Crippen LogP contribution < -0.4 is 0 Å². The molecule has 0 aromatic heterocycles. The van der Waals surface area contributed by atoms with Crippen LogP contribution in [0.25, 0.3) is 0 Å². The van der Waals surface area contributed by atoms with Gasteiger partial charge in [-0.2, -0.15) is 13.2 Å². The summed E-state index contributed by atoms with van der Waals surface area (Å²) in [6.45, 7) is 2.60. The SMILES string of the molecule is CC(F)C(C)(C)C(F)(F)F. The molecule has 0 aromatic carbocycles. The maximum Gasteiger partial charge on any atom is 0.396 e. The van der Waals surface area contributed by atoms with Crippen LogP contribution in [0.4, 0.5) is 17.6 Å². The van der Waals surface area contributed by atoms with E-state index in [0.29, 0.717) is 0 Å². The number of alkyl halides is 4. The van der Waals surface area contributed by atoms with Crippen LogP contribution in [0.3, 0.4) is 0 Å². The van der Waals surface area contributed by atoms with Crippen LogP contribution in [0.15, 0.2) is 0 Å². The fraction of sp³-hybridized carbons (Fsp3) is 1.00. The van der Waals surface area contributed by atoms with Gasteiger partial charge in [-0.05, 0) is 20.8 Å². The molecule has 62 valence electrons. The lowest BCUT2D eigenvalue weighted by atomic mass is 9.88. The normalized spacial score (nSPS) is 17.1. The van der Waals surface area contributed by atoms with Crippen LogP contribution in [0.2, 0.25) is 0 Å². The van der Waals surface area contributed by atoms with Crippen molar-refractivity contribution in [1.29, 1.82) is 0 Å². The molecule has 0 aliphatic rings. The van der Waals surface area contributed by atoms with Gasteiger partial charge in [0.25, 0.3) is 0 Å². The Morgan fingerprint density at radius 3 is 1.40 bits per heavy atom. The van der Waals surface area contributed by atoms with Crippen LogP contribution in [0.5, 0.6) is 0 Å². The lowest BCUT2D eigenvalue weighted by Gasteiger charge is -2.28. The zero-order chi connectivity index (χ0) is 8.58. The molecule has 0 aliphatic heterocycles. The van der Waals surface area contributed by atoms with Gasteiger partial charge in [0.1, 0.15) is 6.17 Å². The molecule has 0 spiro atoms. The van der Waals surface area contributed by atoms with E-state index in [1.54, 1.807) is 0 Å². The van der Waals surface area contributed by atoms with E-state index in [0.717, 1.165) is 20.8 Å². The van der Waals surface area contributed by atoms with E-state index < -0.39 is 17.8 Å². The maximum atomic E-state index is 12.3. The van der Waals surface area contributed by atoms with Gasteiger partial charge in [-0.1, -0.05) is 0 Å². The molecule has 0 fully saturated rings. The van der Waals surface area contributed by atoms with Crippen molar-refractivity contribution in [2.24, 2.45) is 5.41 Å². The molecule has 4 heteroatoms. The van der Waals surface area contributed by atoms with E-state index in [4.69, 9.17) is 0 Å². The van der Waals surface area contributed by atoms with Gasteiger partial charge in [0.2, 0.25) is 0 Å². The molecule has 0 amide bonds. The van der Waals surface area contributed by atoms with Gasteiger partial charge in [-0.15, -0.1) is 0 Å². The summed E-state index contributed by atoms with van der Waals surface area (Å²) in [4.78, 5) is 0. The smallest absolute Gasteiger partial charge is 0.247 e. The fourth-order valence-electron chi connectivity index (χ4n) is 0.226. The molecule has 0 rings (SSSR count). The first-order valence-corrected chi connectivity index (χ1v) is 2.90. The van der Waals surface area contributed by atoms with Crippen molar-refractivity contribution in [2.45, 2.75) is 33.1 Å². The summed E-state index contributed by atoms with van der Waals surface area (Å²) in [5.41, 5.74) is -2.23. The van der Waals surface area contributed by atoms with E-state index >= 15 is 0 Å². The van der Waals surface area contributed by atoms with Crippen LogP contribution in [0.1, 0.15) is 20.8 Å². The van der Waals surface area contributed by atoms with Crippen molar-refractivity contribution in [3.05, 3.63) is 0 Å². The third-order valence-corrected chi connectivity index (χ3v) is 1.73. The Labute approximate surface area is 57.2 Å². The van der Waals surface area contributed by atoms with Gasteiger partial charge in [0.15, 0.2) is 0 Å². The van der Waals surface area contributed by atoms with E-state index in [1.165, 1.54) is 0 Å². The predicted molar refractivity (Wildman–Crippen MR) is 30.4 cm³/mol. The van der Waals surface area contributed by atoms with Crippen molar-refractivity contribution < 1.29 is 17.6 Å².